The van der Waals surface area contributed by atoms with Gasteiger partial charge in [-0.25, -0.2) is 23.7 Å². The van der Waals surface area contributed by atoms with Crippen LogP contribution in [0.2, 0.25) is 0 Å². The van der Waals surface area contributed by atoms with Crippen molar-refractivity contribution < 1.29 is 8.78 Å². The zero-order valence-electron chi connectivity index (χ0n) is 21.3. The quantitative estimate of drug-likeness (QED) is 0.382. The Morgan fingerprint density at radius 1 is 1.06 bits per heavy atom. The highest BCUT2D eigenvalue weighted by Gasteiger charge is 2.24. The van der Waals surface area contributed by atoms with Crippen molar-refractivity contribution in [3.8, 4) is 11.3 Å². The van der Waals surface area contributed by atoms with Crippen LogP contribution < -0.4 is 10.2 Å². The lowest BCUT2D eigenvalue weighted by Gasteiger charge is -2.21. The first kappa shape index (κ1) is 24.1. The molecule has 7 nitrogen and oxygen atoms in total. The normalized spacial score (nSPS) is 16.0. The summed E-state index contributed by atoms with van der Waals surface area (Å²) in [5.41, 5.74) is 3.10. The largest absolute Gasteiger partial charge is 0.369 e. The Hall–Kier alpha value is -3.59. The van der Waals surface area contributed by atoms with Crippen LogP contribution in [0.4, 0.5) is 26.2 Å². The van der Waals surface area contributed by atoms with Gasteiger partial charge in [0.2, 0.25) is 5.95 Å². The number of nitrogens with zero attached hydrogens (tertiary/aromatic N) is 6. The summed E-state index contributed by atoms with van der Waals surface area (Å²) < 4.78 is 31.8. The number of aryl methyl sites for hydroxylation is 1. The Labute approximate surface area is 209 Å². The highest BCUT2D eigenvalue weighted by Crippen LogP contribution is 2.32. The molecule has 188 valence electrons. The highest BCUT2D eigenvalue weighted by atomic mass is 19.1. The van der Waals surface area contributed by atoms with Crippen molar-refractivity contribution in [2.75, 3.05) is 37.4 Å². The third-order valence-corrected chi connectivity index (χ3v) is 6.88. The third kappa shape index (κ3) is 4.51. The van der Waals surface area contributed by atoms with Crippen LogP contribution in [0.15, 0.2) is 42.7 Å². The number of aromatic nitrogens is 4. The molecular weight excluding hydrogens is 460 g/mol. The van der Waals surface area contributed by atoms with Gasteiger partial charge in [0.1, 0.15) is 17.3 Å². The molecule has 0 aliphatic carbocycles. The summed E-state index contributed by atoms with van der Waals surface area (Å²) in [6.45, 7) is 7.96. The molecule has 1 unspecified atom stereocenters. The molecule has 4 aromatic rings. The van der Waals surface area contributed by atoms with E-state index in [2.05, 4.69) is 44.2 Å². The van der Waals surface area contributed by atoms with Crippen LogP contribution in [-0.4, -0.2) is 57.6 Å². The molecule has 1 fully saturated rings. The van der Waals surface area contributed by atoms with Crippen molar-refractivity contribution in [1.82, 2.24) is 24.4 Å². The number of nitrogens with one attached hydrogen (secondary N) is 1. The number of pyridine rings is 1. The van der Waals surface area contributed by atoms with Gasteiger partial charge in [0.25, 0.3) is 0 Å². The van der Waals surface area contributed by atoms with E-state index in [1.807, 2.05) is 49.7 Å². The van der Waals surface area contributed by atoms with E-state index in [0.717, 1.165) is 37.1 Å². The van der Waals surface area contributed by atoms with E-state index in [4.69, 9.17) is 0 Å². The van der Waals surface area contributed by atoms with E-state index in [-0.39, 0.29) is 17.7 Å². The van der Waals surface area contributed by atoms with Gasteiger partial charge in [-0.3, -0.25) is 0 Å². The topological polar surface area (TPSA) is 62.1 Å². The molecule has 0 bridgehead atoms. The second kappa shape index (κ2) is 9.46. The first-order valence-electron chi connectivity index (χ1n) is 12.2. The molecule has 0 saturated carbocycles. The van der Waals surface area contributed by atoms with Crippen LogP contribution in [-0.2, 0) is 0 Å². The molecule has 1 N–H and O–H groups in total. The summed E-state index contributed by atoms with van der Waals surface area (Å²) in [4.78, 5) is 17.5. The van der Waals surface area contributed by atoms with Crippen molar-refractivity contribution in [2.24, 2.45) is 0 Å². The smallest absolute Gasteiger partial charge is 0.229 e. The van der Waals surface area contributed by atoms with Crippen LogP contribution in [0, 0.1) is 18.6 Å². The molecule has 0 amide bonds. The van der Waals surface area contributed by atoms with E-state index in [1.165, 1.54) is 6.07 Å². The monoisotopic (exact) mass is 491 g/mol. The maximum Gasteiger partial charge on any atom is 0.229 e. The van der Waals surface area contributed by atoms with Gasteiger partial charge in [-0.15, -0.1) is 0 Å². The van der Waals surface area contributed by atoms with Crippen molar-refractivity contribution in [3.05, 3.63) is 60.1 Å². The van der Waals surface area contributed by atoms with Crippen molar-refractivity contribution in [1.29, 1.82) is 0 Å². The maximum atomic E-state index is 15.0. The lowest BCUT2D eigenvalue weighted by Crippen LogP contribution is -2.31. The van der Waals surface area contributed by atoms with Gasteiger partial charge in [0.05, 0.1) is 23.6 Å². The van der Waals surface area contributed by atoms with Gasteiger partial charge in [-0.05, 0) is 71.6 Å². The van der Waals surface area contributed by atoms with Crippen LogP contribution in [0.5, 0.6) is 0 Å². The fourth-order valence-corrected chi connectivity index (χ4v) is 5.03. The number of likely N-dealkylation sites (N-methyl/N-ethyl adjacent to an activating group) is 1. The fourth-order valence-electron chi connectivity index (χ4n) is 5.03. The SMILES string of the molecule is Cc1cc2c(F)cc(-c3nc(Nc4ccc(N5CCC(N(C)C)C5)cn4)ncc3F)cc2n1C(C)C. The van der Waals surface area contributed by atoms with Crippen molar-refractivity contribution in [3.63, 3.8) is 0 Å². The number of anilines is 3. The summed E-state index contributed by atoms with van der Waals surface area (Å²) in [6.07, 6.45) is 4.03. The average Bonchev–Trinajstić information content (AvgIpc) is 3.46. The average molecular weight is 492 g/mol. The van der Waals surface area contributed by atoms with Gasteiger partial charge in [-0.2, -0.15) is 0 Å². The summed E-state index contributed by atoms with van der Waals surface area (Å²) in [5, 5.41) is 3.56. The van der Waals surface area contributed by atoms with Gasteiger partial charge in [0.15, 0.2) is 5.82 Å². The summed E-state index contributed by atoms with van der Waals surface area (Å²) >= 11 is 0. The minimum Gasteiger partial charge on any atom is -0.369 e. The molecule has 1 aliphatic heterocycles. The highest BCUT2D eigenvalue weighted by molar-refractivity contribution is 5.87. The van der Waals surface area contributed by atoms with Gasteiger partial charge < -0.3 is 19.7 Å². The number of fused-ring (bicyclic) bond motifs is 1. The minimum absolute atomic E-state index is 0.0332. The third-order valence-electron chi connectivity index (χ3n) is 6.88. The molecule has 36 heavy (non-hydrogen) atoms. The fraction of sp³-hybridized carbons (Fsp3) is 0.370. The Balaban J connectivity index is 1.41. The van der Waals surface area contributed by atoms with Crippen LogP contribution >= 0.6 is 0 Å². The predicted molar refractivity (Wildman–Crippen MR) is 140 cm³/mol. The molecular formula is C27H31F2N7. The second-order valence-corrected chi connectivity index (χ2v) is 9.91. The summed E-state index contributed by atoms with van der Waals surface area (Å²) in [7, 11) is 4.21. The molecule has 1 atom stereocenters. The minimum atomic E-state index is -0.619. The number of hydrogen-bond acceptors (Lipinski definition) is 6. The molecule has 5 rings (SSSR count). The van der Waals surface area contributed by atoms with Crippen LogP contribution in [0.3, 0.4) is 0 Å². The zero-order valence-corrected chi connectivity index (χ0v) is 21.3. The van der Waals surface area contributed by atoms with E-state index in [9.17, 15) is 8.78 Å². The van der Waals surface area contributed by atoms with E-state index in [0.29, 0.717) is 28.3 Å². The van der Waals surface area contributed by atoms with E-state index < -0.39 is 11.6 Å². The van der Waals surface area contributed by atoms with Crippen LogP contribution in [0.25, 0.3) is 22.2 Å². The lowest BCUT2D eigenvalue weighted by molar-refractivity contribution is 0.315. The first-order chi connectivity index (χ1) is 17.2. The zero-order chi connectivity index (χ0) is 25.6. The maximum absolute atomic E-state index is 15.0. The number of benzene rings is 1. The predicted octanol–water partition coefficient (Wildman–Crippen LogP) is 5.54. The number of halogens is 2. The number of hydrogen-bond donors (Lipinski definition) is 1. The molecule has 0 radical (unpaired) electrons. The molecule has 9 heteroatoms. The lowest BCUT2D eigenvalue weighted by atomic mass is 10.1. The van der Waals surface area contributed by atoms with E-state index in [1.54, 1.807) is 6.07 Å². The Kier molecular flexibility index (Phi) is 6.34. The van der Waals surface area contributed by atoms with Crippen molar-refractivity contribution >= 4 is 28.4 Å². The Morgan fingerprint density at radius 2 is 1.86 bits per heavy atom. The molecule has 0 spiro atoms. The Bertz CT molecular complexity index is 1400. The standard InChI is InChI=1S/C27H31F2N7/c1-16(2)36-17(3)10-21-22(28)11-18(12-24(21)36)26-23(29)14-31-27(33-26)32-25-7-6-19(13-30-25)35-9-8-20(15-35)34(4)5/h6-7,10-14,16,20H,8-9,15H2,1-5H3,(H,30,31,32,33). The molecule has 1 aliphatic rings. The molecule has 4 heterocycles. The summed E-state index contributed by atoms with van der Waals surface area (Å²) in [5.74, 6) is -0.290. The molecule has 1 aromatic carbocycles. The van der Waals surface area contributed by atoms with Crippen molar-refractivity contribution in [2.45, 2.75) is 39.3 Å². The number of rotatable bonds is 6. The van der Waals surface area contributed by atoms with Gasteiger partial charge >= 0.3 is 0 Å². The Morgan fingerprint density at radius 3 is 2.53 bits per heavy atom. The first-order valence-corrected chi connectivity index (χ1v) is 12.2. The van der Waals surface area contributed by atoms with E-state index >= 15 is 0 Å². The molecule has 1 saturated heterocycles. The second-order valence-electron chi connectivity index (χ2n) is 9.91. The van der Waals surface area contributed by atoms with Gasteiger partial charge in [-0.1, -0.05) is 0 Å². The van der Waals surface area contributed by atoms with Crippen LogP contribution in [0.1, 0.15) is 32.0 Å². The summed E-state index contributed by atoms with van der Waals surface area (Å²) in [6, 6.07) is 9.45. The molecule has 3 aromatic heterocycles. The van der Waals surface area contributed by atoms with Gasteiger partial charge in [0, 0.05) is 41.8 Å².